The molecule has 0 aliphatic carbocycles. The van der Waals surface area contributed by atoms with Crippen LogP contribution in [0.4, 0.5) is 4.39 Å². The van der Waals surface area contributed by atoms with Crippen LogP contribution in [0.2, 0.25) is 5.02 Å². The highest BCUT2D eigenvalue weighted by Gasteiger charge is 2.40. The van der Waals surface area contributed by atoms with Crippen molar-refractivity contribution in [1.82, 2.24) is 20.1 Å². The Labute approximate surface area is 165 Å². The van der Waals surface area contributed by atoms with Crippen LogP contribution < -0.4 is 5.32 Å². The normalized spacial score (nSPS) is 19.8. The molecule has 0 fully saturated rings. The molecule has 0 amide bonds. The molecule has 1 aliphatic heterocycles. The van der Waals surface area contributed by atoms with Crippen molar-refractivity contribution in [1.29, 1.82) is 0 Å². The zero-order chi connectivity index (χ0) is 19.2. The van der Waals surface area contributed by atoms with Crippen LogP contribution in [-0.4, -0.2) is 20.6 Å². The van der Waals surface area contributed by atoms with E-state index in [2.05, 4.69) is 15.4 Å². The second kappa shape index (κ2) is 6.58. The van der Waals surface area contributed by atoms with E-state index in [0.717, 1.165) is 22.0 Å². The van der Waals surface area contributed by atoms with E-state index in [-0.39, 0.29) is 5.82 Å². The number of aryl methyl sites for hydroxylation is 1. The number of allylic oxidation sites excluding steroid dienone is 1. The third-order valence-electron chi connectivity index (χ3n) is 4.56. The topological polar surface area (TPSA) is 55.1 Å². The van der Waals surface area contributed by atoms with Crippen LogP contribution in [0.15, 0.2) is 52.7 Å². The minimum absolute atomic E-state index is 0.322. The molecule has 0 radical (unpaired) electrons. The lowest BCUT2D eigenvalue weighted by molar-refractivity contribution is 0.609. The van der Waals surface area contributed by atoms with E-state index >= 15 is 0 Å². The SMILES string of the molecule is CC1=C(c2ccn(C)n2)C(C)(c2ccc(F)cc2Cl)N=C(c2nccs2)N1. The molecule has 5 nitrogen and oxygen atoms in total. The van der Waals surface area contributed by atoms with Crippen molar-refractivity contribution in [3.05, 3.63) is 74.8 Å². The number of aromatic nitrogens is 3. The summed E-state index contributed by atoms with van der Waals surface area (Å²) in [5.74, 6) is 0.274. The molecule has 0 saturated carbocycles. The molecular formula is C19H17ClFN5S. The number of hydrogen-bond acceptors (Lipinski definition) is 5. The Morgan fingerprint density at radius 1 is 1.30 bits per heavy atom. The summed E-state index contributed by atoms with van der Waals surface area (Å²) in [6.45, 7) is 3.94. The van der Waals surface area contributed by atoms with Gasteiger partial charge in [0.15, 0.2) is 10.8 Å². The fourth-order valence-electron chi connectivity index (χ4n) is 3.42. The summed E-state index contributed by atoms with van der Waals surface area (Å²) in [5, 5.41) is 10.9. The zero-order valence-corrected chi connectivity index (χ0v) is 16.6. The maximum Gasteiger partial charge on any atom is 0.163 e. The Bertz CT molecular complexity index is 1070. The first-order chi connectivity index (χ1) is 12.9. The summed E-state index contributed by atoms with van der Waals surface area (Å²) >= 11 is 7.94. The van der Waals surface area contributed by atoms with Gasteiger partial charge in [0.2, 0.25) is 0 Å². The molecule has 1 aliphatic rings. The Balaban J connectivity index is 1.96. The van der Waals surface area contributed by atoms with E-state index in [1.54, 1.807) is 16.9 Å². The van der Waals surface area contributed by atoms with Gasteiger partial charge in [-0.3, -0.25) is 4.68 Å². The largest absolute Gasteiger partial charge is 0.341 e. The van der Waals surface area contributed by atoms with E-state index in [9.17, 15) is 4.39 Å². The Morgan fingerprint density at radius 2 is 2.11 bits per heavy atom. The van der Waals surface area contributed by atoms with E-state index in [1.807, 2.05) is 38.5 Å². The molecule has 8 heteroatoms. The Hall–Kier alpha value is -2.51. The number of nitrogens with one attached hydrogen (secondary N) is 1. The highest BCUT2D eigenvalue weighted by molar-refractivity contribution is 7.11. The molecule has 0 spiro atoms. The standard InChI is InChI=1S/C19H17ClFN5S/c1-11-16(15-6-8-26(3)25-15)19(2,13-5-4-12(21)10-14(13)20)24-17(23-11)18-22-7-9-27-18/h4-10H,1-3H3,(H,23,24). The van der Waals surface area contributed by atoms with Crippen molar-refractivity contribution >= 4 is 34.3 Å². The zero-order valence-electron chi connectivity index (χ0n) is 15.0. The van der Waals surface area contributed by atoms with Gasteiger partial charge in [-0.25, -0.2) is 14.4 Å². The second-order valence-corrected chi connectivity index (χ2v) is 7.80. The maximum absolute atomic E-state index is 13.7. The van der Waals surface area contributed by atoms with Gasteiger partial charge in [-0.15, -0.1) is 11.3 Å². The van der Waals surface area contributed by atoms with Gasteiger partial charge in [0.1, 0.15) is 11.4 Å². The fourth-order valence-corrected chi connectivity index (χ4v) is 4.36. The number of aliphatic imine (C=N–C) groups is 1. The number of halogens is 2. The third-order valence-corrected chi connectivity index (χ3v) is 5.66. The molecule has 4 rings (SSSR count). The van der Waals surface area contributed by atoms with Crippen LogP contribution in [0.5, 0.6) is 0 Å². The predicted molar refractivity (Wildman–Crippen MR) is 106 cm³/mol. The van der Waals surface area contributed by atoms with Gasteiger partial charge >= 0.3 is 0 Å². The number of nitrogens with zero attached hydrogens (tertiary/aromatic N) is 4. The van der Waals surface area contributed by atoms with Crippen molar-refractivity contribution in [2.24, 2.45) is 12.0 Å². The van der Waals surface area contributed by atoms with Crippen LogP contribution in [0.25, 0.3) is 5.57 Å². The number of benzene rings is 1. The molecule has 138 valence electrons. The molecule has 3 heterocycles. The molecule has 0 bridgehead atoms. The molecule has 1 N–H and O–H groups in total. The first-order valence-corrected chi connectivity index (χ1v) is 9.58. The highest BCUT2D eigenvalue weighted by Crippen LogP contribution is 2.45. The van der Waals surface area contributed by atoms with E-state index in [0.29, 0.717) is 16.4 Å². The molecule has 3 aromatic rings. The molecule has 1 atom stereocenters. The summed E-state index contributed by atoms with van der Waals surface area (Å²) in [4.78, 5) is 9.34. The smallest absolute Gasteiger partial charge is 0.163 e. The van der Waals surface area contributed by atoms with Crippen molar-refractivity contribution in [3.63, 3.8) is 0 Å². The van der Waals surface area contributed by atoms with Crippen molar-refractivity contribution in [2.45, 2.75) is 19.4 Å². The monoisotopic (exact) mass is 401 g/mol. The van der Waals surface area contributed by atoms with Crippen LogP contribution >= 0.6 is 22.9 Å². The van der Waals surface area contributed by atoms with Crippen molar-refractivity contribution < 1.29 is 4.39 Å². The van der Waals surface area contributed by atoms with Gasteiger partial charge in [0, 0.05) is 46.7 Å². The quantitative estimate of drug-likeness (QED) is 0.709. The fraction of sp³-hybridized carbons (Fsp3) is 0.211. The molecule has 1 unspecified atom stereocenters. The van der Waals surface area contributed by atoms with Gasteiger partial charge in [-0.05, 0) is 32.0 Å². The number of hydrogen-bond donors (Lipinski definition) is 1. The predicted octanol–water partition coefficient (Wildman–Crippen LogP) is 4.37. The van der Waals surface area contributed by atoms with Crippen molar-refractivity contribution in [2.75, 3.05) is 0 Å². The van der Waals surface area contributed by atoms with Crippen LogP contribution in [0.1, 0.15) is 30.1 Å². The highest BCUT2D eigenvalue weighted by atomic mass is 35.5. The number of rotatable bonds is 3. The number of amidine groups is 1. The van der Waals surface area contributed by atoms with Crippen LogP contribution in [0, 0.1) is 5.82 Å². The molecule has 2 aromatic heterocycles. The van der Waals surface area contributed by atoms with Crippen LogP contribution in [0.3, 0.4) is 0 Å². The first-order valence-electron chi connectivity index (χ1n) is 8.32. The Morgan fingerprint density at radius 3 is 2.74 bits per heavy atom. The van der Waals surface area contributed by atoms with Gasteiger partial charge in [0.05, 0.1) is 5.69 Å². The van der Waals surface area contributed by atoms with Gasteiger partial charge in [0.25, 0.3) is 0 Å². The lowest BCUT2D eigenvalue weighted by Gasteiger charge is -2.35. The summed E-state index contributed by atoms with van der Waals surface area (Å²) in [6, 6.07) is 6.33. The lowest BCUT2D eigenvalue weighted by atomic mass is 9.81. The summed E-state index contributed by atoms with van der Waals surface area (Å²) in [5.41, 5.74) is 2.43. The van der Waals surface area contributed by atoms with E-state index in [1.165, 1.54) is 23.5 Å². The van der Waals surface area contributed by atoms with Gasteiger partial charge in [-0.2, -0.15) is 5.10 Å². The molecule has 0 saturated heterocycles. The first kappa shape index (κ1) is 17.9. The van der Waals surface area contributed by atoms with E-state index in [4.69, 9.17) is 16.6 Å². The van der Waals surface area contributed by atoms with Gasteiger partial charge < -0.3 is 5.32 Å². The Kier molecular flexibility index (Phi) is 4.36. The van der Waals surface area contributed by atoms with Gasteiger partial charge in [-0.1, -0.05) is 17.7 Å². The van der Waals surface area contributed by atoms with Crippen LogP contribution in [-0.2, 0) is 12.6 Å². The number of thiazole rings is 1. The molecular weight excluding hydrogens is 385 g/mol. The summed E-state index contributed by atoms with van der Waals surface area (Å²) < 4.78 is 15.4. The maximum atomic E-state index is 13.7. The third kappa shape index (κ3) is 3.07. The van der Waals surface area contributed by atoms with Crippen molar-refractivity contribution in [3.8, 4) is 0 Å². The average molecular weight is 402 g/mol. The molecule has 1 aromatic carbocycles. The summed E-state index contributed by atoms with van der Waals surface area (Å²) in [7, 11) is 1.86. The van der Waals surface area contributed by atoms with E-state index < -0.39 is 5.54 Å². The minimum Gasteiger partial charge on any atom is -0.341 e. The second-order valence-electron chi connectivity index (χ2n) is 6.49. The molecule has 27 heavy (non-hydrogen) atoms. The summed E-state index contributed by atoms with van der Waals surface area (Å²) in [6.07, 6.45) is 3.61. The lowest BCUT2D eigenvalue weighted by Crippen LogP contribution is -2.37. The average Bonchev–Trinajstić information content (AvgIpc) is 3.26. The minimum atomic E-state index is -0.852.